The molecule has 0 aliphatic carbocycles. The summed E-state index contributed by atoms with van der Waals surface area (Å²) >= 11 is 0. The SMILES string of the molecule is CC(C)C(C)C(=O)NCCc1ccc2c(c1)CCCN2. The van der Waals surface area contributed by atoms with Gasteiger partial charge in [-0.3, -0.25) is 4.79 Å². The van der Waals surface area contributed by atoms with E-state index >= 15 is 0 Å². The van der Waals surface area contributed by atoms with Crippen molar-refractivity contribution in [3.8, 4) is 0 Å². The summed E-state index contributed by atoms with van der Waals surface area (Å²) in [5, 5.41) is 6.46. The average Bonchev–Trinajstić information content (AvgIpc) is 2.46. The minimum Gasteiger partial charge on any atom is -0.385 e. The molecule has 1 unspecified atom stereocenters. The maximum absolute atomic E-state index is 11.9. The Morgan fingerprint density at radius 2 is 2.15 bits per heavy atom. The van der Waals surface area contributed by atoms with Crippen LogP contribution >= 0.6 is 0 Å². The van der Waals surface area contributed by atoms with E-state index in [-0.39, 0.29) is 11.8 Å². The van der Waals surface area contributed by atoms with Gasteiger partial charge in [-0.05, 0) is 42.4 Å². The third-order valence-corrected chi connectivity index (χ3v) is 4.23. The van der Waals surface area contributed by atoms with E-state index < -0.39 is 0 Å². The summed E-state index contributed by atoms with van der Waals surface area (Å²) < 4.78 is 0. The van der Waals surface area contributed by atoms with Crippen molar-refractivity contribution in [3.63, 3.8) is 0 Å². The number of rotatable bonds is 5. The number of nitrogens with one attached hydrogen (secondary N) is 2. The maximum Gasteiger partial charge on any atom is 0.223 e. The lowest BCUT2D eigenvalue weighted by atomic mass is 9.97. The Morgan fingerprint density at radius 1 is 1.35 bits per heavy atom. The average molecular weight is 274 g/mol. The molecule has 2 N–H and O–H groups in total. The molecule has 0 aromatic heterocycles. The quantitative estimate of drug-likeness (QED) is 0.866. The summed E-state index contributed by atoms with van der Waals surface area (Å²) in [6.07, 6.45) is 3.27. The monoisotopic (exact) mass is 274 g/mol. The van der Waals surface area contributed by atoms with Gasteiger partial charge in [0.05, 0.1) is 0 Å². The molecule has 3 nitrogen and oxygen atoms in total. The van der Waals surface area contributed by atoms with Crippen molar-refractivity contribution >= 4 is 11.6 Å². The molecule has 1 aliphatic heterocycles. The van der Waals surface area contributed by atoms with Crippen LogP contribution in [0.3, 0.4) is 0 Å². The maximum atomic E-state index is 11.9. The zero-order valence-corrected chi connectivity index (χ0v) is 12.8. The van der Waals surface area contributed by atoms with Crippen LogP contribution < -0.4 is 10.6 Å². The lowest BCUT2D eigenvalue weighted by Crippen LogP contribution is -2.33. The van der Waals surface area contributed by atoms with Crippen molar-refractivity contribution in [2.24, 2.45) is 11.8 Å². The fourth-order valence-electron chi connectivity index (χ4n) is 2.48. The molecule has 1 atom stereocenters. The second-order valence-corrected chi connectivity index (χ2v) is 6.10. The number of carbonyl (C=O) groups excluding carboxylic acids is 1. The highest BCUT2D eigenvalue weighted by Gasteiger charge is 2.15. The van der Waals surface area contributed by atoms with Gasteiger partial charge in [0.1, 0.15) is 0 Å². The minimum atomic E-state index is 0.0859. The molecule has 0 fully saturated rings. The summed E-state index contributed by atoms with van der Waals surface area (Å²) in [5.41, 5.74) is 4.00. The fraction of sp³-hybridized carbons (Fsp3) is 0.588. The zero-order chi connectivity index (χ0) is 14.5. The van der Waals surface area contributed by atoms with Crippen LogP contribution in [-0.4, -0.2) is 19.0 Å². The number of aryl methyl sites for hydroxylation is 1. The number of hydrogen-bond acceptors (Lipinski definition) is 2. The number of anilines is 1. The molecule has 0 radical (unpaired) electrons. The van der Waals surface area contributed by atoms with Crippen molar-refractivity contribution in [2.45, 2.75) is 40.0 Å². The number of fused-ring (bicyclic) bond motifs is 1. The summed E-state index contributed by atoms with van der Waals surface area (Å²) in [5.74, 6) is 0.646. The van der Waals surface area contributed by atoms with E-state index in [1.165, 1.54) is 23.2 Å². The Kier molecular flexibility index (Phi) is 5.05. The van der Waals surface area contributed by atoms with E-state index in [9.17, 15) is 4.79 Å². The van der Waals surface area contributed by atoms with E-state index in [2.05, 4.69) is 42.7 Å². The predicted octanol–water partition coefficient (Wildman–Crippen LogP) is 3.00. The van der Waals surface area contributed by atoms with Crippen LogP contribution in [0.2, 0.25) is 0 Å². The first-order valence-electron chi connectivity index (χ1n) is 7.71. The number of carbonyl (C=O) groups is 1. The third kappa shape index (κ3) is 3.75. The molecule has 1 aromatic rings. The molecule has 1 heterocycles. The normalized spacial score (nSPS) is 15.4. The number of benzene rings is 1. The molecule has 20 heavy (non-hydrogen) atoms. The lowest BCUT2D eigenvalue weighted by Gasteiger charge is -2.19. The van der Waals surface area contributed by atoms with Gasteiger partial charge in [0.15, 0.2) is 0 Å². The molecule has 2 rings (SSSR count). The van der Waals surface area contributed by atoms with Gasteiger partial charge in [-0.2, -0.15) is 0 Å². The smallest absolute Gasteiger partial charge is 0.223 e. The van der Waals surface area contributed by atoms with Gasteiger partial charge in [-0.25, -0.2) is 0 Å². The van der Waals surface area contributed by atoms with Crippen molar-refractivity contribution in [1.29, 1.82) is 0 Å². The minimum absolute atomic E-state index is 0.0859. The van der Waals surface area contributed by atoms with E-state index in [4.69, 9.17) is 0 Å². The Labute approximate surface area is 122 Å². The number of amides is 1. The molecule has 0 saturated heterocycles. The standard InChI is InChI=1S/C17H26N2O/c1-12(2)13(3)17(20)19-10-8-14-6-7-16-15(11-14)5-4-9-18-16/h6-7,11-13,18H,4-5,8-10H2,1-3H3,(H,19,20). The van der Waals surface area contributed by atoms with Gasteiger partial charge < -0.3 is 10.6 Å². The topological polar surface area (TPSA) is 41.1 Å². The van der Waals surface area contributed by atoms with E-state index in [0.29, 0.717) is 5.92 Å². The second kappa shape index (κ2) is 6.78. The van der Waals surface area contributed by atoms with Gasteiger partial charge in [0, 0.05) is 24.7 Å². The van der Waals surface area contributed by atoms with Crippen molar-refractivity contribution in [1.82, 2.24) is 5.32 Å². The first-order chi connectivity index (χ1) is 9.58. The van der Waals surface area contributed by atoms with Gasteiger partial charge in [-0.15, -0.1) is 0 Å². The molecule has 110 valence electrons. The summed E-state index contributed by atoms with van der Waals surface area (Å²) in [4.78, 5) is 11.9. The van der Waals surface area contributed by atoms with Crippen LogP contribution in [0.15, 0.2) is 18.2 Å². The molecule has 1 amide bonds. The molecular weight excluding hydrogens is 248 g/mol. The molecule has 3 heteroatoms. The van der Waals surface area contributed by atoms with E-state index in [1.807, 2.05) is 6.92 Å². The highest BCUT2D eigenvalue weighted by molar-refractivity contribution is 5.78. The van der Waals surface area contributed by atoms with Crippen LogP contribution in [0.4, 0.5) is 5.69 Å². The number of hydrogen-bond donors (Lipinski definition) is 2. The molecule has 0 saturated carbocycles. The van der Waals surface area contributed by atoms with Crippen LogP contribution in [0.1, 0.15) is 38.3 Å². The molecule has 0 bridgehead atoms. The lowest BCUT2D eigenvalue weighted by molar-refractivity contribution is -0.125. The van der Waals surface area contributed by atoms with Gasteiger partial charge in [0.2, 0.25) is 5.91 Å². The van der Waals surface area contributed by atoms with E-state index in [0.717, 1.165) is 25.9 Å². The third-order valence-electron chi connectivity index (χ3n) is 4.23. The molecule has 0 spiro atoms. The first kappa shape index (κ1) is 14.9. The Hall–Kier alpha value is -1.51. The highest BCUT2D eigenvalue weighted by atomic mass is 16.1. The molecular formula is C17H26N2O. The summed E-state index contributed by atoms with van der Waals surface area (Å²) in [6, 6.07) is 6.61. The Balaban J connectivity index is 1.84. The predicted molar refractivity (Wildman–Crippen MR) is 84.0 cm³/mol. The van der Waals surface area contributed by atoms with Crippen LogP contribution in [0, 0.1) is 11.8 Å². The van der Waals surface area contributed by atoms with Gasteiger partial charge in [0.25, 0.3) is 0 Å². The van der Waals surface area contributed by atoms with Gasteiger partial charge >= 0.3 is 0 Å². The van der Waals surface area contributed by atoms with Gasteiger partial charge in [-0.1, -0.05) is 32.9 Å². The second-order valence-electron chi connectivity index (χ2n) is 6.10. The fourth-order valence-corrected chi connectivity index (χ4v) is 2.48. The first-order valence-corrected chi connectivity index (χ1v) is 7.71. The van der Waals surface area contributed by atoms with Crippen molar-refractivity contribution in [3.05, 3.63) is 29.3 Å². The Bertz CT molecular complexity index is 468. The molecule has 1 aromatic carbocycles. The van der Waals surface area contributed by atoms with Crippen LogP contribution in [-0.2, 0) is 17.6 Å². The Morgan fingerprint density at radius 3 is 2.90 bits per heavy atom. The van der Waals surface area contributed by atoms with Crippen LogP contribution in [0.25, 0.3) is 0 Å². The van der Waals surface area contributed by atoms with Crippen molar-refractivity contribution in [2.75, 3.05) is 18.4 Å². The summed E-state index contributed by atoms with van der Waals surface area (Å²) in [6.45, 7) is 7.96. The highest BCUT2D eigenvalue weighted by Crippen LogP contribution is 2.23. The van der Waals surface area contributed by atoms with Crippen molar-refractivity contribution < 1.29 is 4.79 Å². The molecule has 1 aliphatic rings. The van der Waals surface area contributed by atoms with E-state index in [1.54, 1.807) is 0 Å². The largest absolute Gasteiger partial charge is 0.385 e. The van der Waals surface area contributed by atoms with Crippen LogP contribution in [0.5, 0.6) is 0 Å². The summed E-state index contributed by atoms with van der Waals surface area (Å²) in [7, 11) is 0. The zero-order valence-electron chi connectivity index (χ0n) is 12.8.